The minimum Gasteiger partial charge on any atom is -0.329 e. The average Bonchev–Trinajstić information content (AvgIpc) is 2.70. The van der Waals surface area contributed by atoms with Crippen molar-refractivity contribution in [2.75, 3.05) is 26.2 Å². The lowest BCUT2D eigenvalue weighted by atomic mass is 9.85. The Morgan fingerprint density at radius 3 is 3.06 bits per heavy atom. The molecule has 3 heteroatoms. The average molecular weight is 223 g/mol. The van der Waals surface area contributed by atoms with E-state index in [0.717, 1.165) is 19.5 Å². The number of hydrogen-bond donors (Lipinski definition) is 2. The van der Waals surface area contributed by atoms with E-state index in [1.807, 2.05) is 6.08 Å². The monoisotopic (exact) mass is 223 g/mol. The molecule has 0 aliphatic carbocycles. The number of nitrogens with zero attached hydrogens (tertiary/aromatic N) is 1. The lowest BCUT2D eigenvalue weighted by molar-refractivity contribution is 0.141. The lowest BCUT2D eigenvalue weighted by Gasteiger charge is -2.41. The Hall–Kier alpha value is -0.380. The van der Waals surface area contributed by atoms with Crippen LogP contribution in [0, 0.1) is 0 Å². The summed E-state index contributed by atoms with van der Waals surface area (Å²) >= 11 is 0. The van der Waals surface area contributed by atoms with Crippen LogP contribution in [0.15, 0.2) is 12.7 Å². The molecule has 2 atom stereocenters. The Labute approximate surface area is 99.1 Å². The fraction of sp³-hybridized carbons (Fsp3) is 0.846. The van der Waals surface area contributed by atoms with Gasteiger partial charge in [-0.2, -0.15) is 0 Å². The normalized spacial score (nSPS) is 34.9. The smallest absolute Gasteiger partial charge is 0.0473 e. The van der Waals surface area contributed by atoms with Crippen LogP contribution in [0.5, 0.6) is 0 Å². The fourth-order valence-electron chi connectivity index (χ4n) is 3.33. The van der Waals surface area contributed by atoms with E-state index >= 15 is 0 Å². The van der Waals surface area contributed by atoms with Crippen molar-refractivity contribution in [1.82, 2.24) is 10.2 Å². The zero-order chi connectivity index (χ0) is 11.4. The van der Waals surface area contributed by atoms with Gasteiger partial charge in [0.1, 0.15) is 0 Å². The summed E-state index contributed by atoms with van der Waals surface area (Å²) in [5.41, 5.74) is 6.23. The van der Waals surface area contributed by atoms with Gasteiger partial charge in [-0.25, -0.2) is 0 Å². The molecule has 16 heavy (non-hydrogen) atoms. The molecule has 2 fully saturated rings. The molecule has 0 aromatic rings. The Bertz CT molecular complexity index is 241. The Morgan fingerprint density at radius 2 is 2.31 bits per heavy atom. The van der Waals surface area contributed by atoms with Crippen molar-refractivity contribution < 1.29 is 0 Å². The molecule has 2 rings (SSSR count). The van der Waals surface area contributed by atoms with E-state index in [0.29, 0.717) is 6.04 Å². The van der Waals surface area contributed by atoms with E-state index < -0.39 is 0 Å². The van der Waals surface area contributed by atoms with Gasteiger partial charge >= 0.3 is 0 Å². The molecule has 3 nitrogen and oxygen atoms in total. The van der Waals surface area contributed by atoms with Gasteiger partial charge in [0.15, 0.2) is 0 Å². The number of hydrogen-bond acceptors (Lipinski definition) is 3. The molecule has 0 amide bonds. The molecule has 92 valence electrons. The summed E-state index contributed by atoms with van der Waals surface area (Å²) in [4.78, 5) is 2.64. The van der Waals surface area contributed by atoms with E-state index in [2.05, 4.69) is 16.8 Å². The molecule has 2 aliphatic rings. The van der Waals surface area contributed by atoms with Gasteiger partial charge in [-0.3, -0.25) is 4.90 Å². The number of piperidine rings is 1. The second-order valence-corrected chi connectivity index (χ2v) is 5.16. The first kappa shape index (κ1) is 12.1. The van der Waals surface area contributed by atoms with Gasteiger partial charge in [-0.15, -0.1) is 6.58 Å². The van der Waals surface area contributed by atoms with Gasteiger partial charge in [0.2, 0.25) is 0 Å². The summed E-state index contributed by atoms with van der Waals surface area (Å²) in [6.45, 7) is 8.06. The third kappa shape index (κ3) is 2.17. The van der Waals surface area contributed by atoms with Crippen LogP contribution in [-0.4, -0.2) is 42.7 Å². The van der Waals surface area contributed by atoms with Crippen molar-refractivity contribution >= 4 is 0 Å². The van der Waals surface area contributed by atoms with Crippen molar-refractivity contribution in [1.29, 1.82) is 0 Å². The maximum absolute atomic E-state index is 6.04. The predicted molar refractivity (Wildman–Crippen MR) is 68.4 cm³/mol. The number of nitrogens with two attached hydrogens (primary N) is 1. The number of nitrogens with one attached hydrogen (secondary N) is 1. The maximum Gasteiger partial charge on any atom is 0.0473 e. The van der Waals surface area contributed by atoms with E-state index in [9.17, 15) is 0 Å². The van der Waals surface area contributed by atoms with Crippen molar-refractivity contribution in [2.24, 2.45) is 5.73 Å². The molecule has 0 radical (unpaired) electrons. The standard InChI is InChI=1S/C13H25N3/c1-2-3-8-15-13(11-14)7-10-16-9-5-4-6-12(13)16/h2,12,15H,1,3-11,14H2. The lowest BCUT2D eigenvalue weighted by Crippen LogP contribution is -2.60. The van der Waals surface area contributed by atoms with E-state index in [4.69, 9.17) is 5.73 Å². The Balaban J connectivity index is 1.99. The van der Waals surface area contributed by atoms with Crippen LogP contribution < -0.4 is 11.1 Å². The van der Waals surface area contributed by atoms with Crippen LogP contribution >= 0.6 is 0 Å². The third-order valence-corrected chi connectivity index (χ3v) is 4.29. The van der Waals surface area contributed by atoms with Gasteiger partial charge in [0, 0.05) is 24.7 Å². The van der Waals surface area contributed by atoms with E-state index in [1.165, 1.54) is 38.8 Å². The summed E-state index contributed by atoms with van der Waals surface area (Å²) in [6.07, 6.45) is 8.28. The quantitative estimate of drug-likeness (QED) is 0.542. The van der Waals surface area contributed by atoms with E-state index in [1.54, 1.807) is 0 Å². The van der Waals surface area contributed by atoms with Crippen LogP contribution in [-0.2, 0) is 0 Å². The zero-order valence-electron chi connectivity index (χ0n) is 10.3. The zero-order valence-corrected chi connectivity index (χ0v) is 10.3. The molecule has 2 heterocycles. The SMILES string of the molecule is C=CCCNC1(CN)CCN2CCCCC21. The highest BCUT2D eigenvalue weighted by Gasteiger charge is 2.46. The van der Waals surface area contributed by atoms with Crippen molar-refractivity contribution in [2.45, 2.75) is 43.7 Å². The first-order chi connectivity index (χ1) is 7.82. The van der Waals surface area contributed by atoms with Crippen LogP contribution in [0.4, 0.5) is 0 Å². The predicted octanol–water partition coefficient (Wildman–Crippen LogP) is 1.11. The van der Waals surface area contributed by atoms with Gasteiger partial charge in [-0.1, -0.05) is 12.5 Å². The second-order valence-electron chi connectivity index (χ2n) is 5.16. The summed E-state index contributed by atoms with van der Waals surface area (Å²) < 4.78 is 0. The Morgan fingerprint density at radius 1 is 1.44 bits per heavy atom. The highest BCUT2D eigenvalue weighted by Crippen LogP contribution is 2.34. The molecule has 0 aromatic heterocycles. The fourth-order valence-corrected chi connectivity index (χ4v) is 3.33. The van der Waals surface area contributed by atoms with Crippen molar-refractivity contribution in [3.8, 4) is 0 Å². The molecule has 0 bridgehead atoms. The summed E-state index contributed by atoms with van der Waals surface area (Å²) in [5, 5.41) is 3.71. The highest BCUT2D eigenvalue weighted by atomic mass is 15.3. The van der Waals surface area contributed by atoms with Gasteiger partial charge < -0.3 is 11.1 Å². The van der Waals surface area contributed by atoms with E-state index in [-0.39, 0.29) is 5.54 Å². The first-order valence-electron chi connectivity index (χ1n) is 6.62. The summed E-state index contributed by atoms with van der Waals surface area (Å²) in [6, 6.07) is 0.677. The topological polar surface area (TPSA) is 41.3 Å². The van der Waals surface area contributed by atoms with Crippen molar-refractivity contribution in [3.05, 3.63) is 12.7 Å². The van der Waals surface area contributed by atoms with Gasteiger partial charge in [-0.05, 0) is 38.8 Å². The molecule has 0 saturated carbocycles. The second kappa shape index (κ2) is 5.30. The molecular weight excluding hydrogens is 198 g/mol. The largest absolute Gasteiger partial charge is 0.329 e. The molecule has 2 unspecified atom stereocenters. The minimum absolute atomic E-state index is 0.184. The third-order valence-electron chi connectivity index (χ3n) is 4.29. The minimum atomic E-state index is 0.184. The highest BCUT2D eigenvalue weighted by molar-refractivity contribution is 5.07. The van der Waals surface area contributed by atoms with Crippen LogP contribution in [0.3, 0.4) is 0 Å². The summed E-state index contributed by atoms with van der Waals surface area (Å²) in [7, 11) is 0. The molecule has 3 N–H and O–H groups in total. The van der Waals surface area contributed by atoms with Crippen LogP contribution in [0.25, 0.3) is 0 Å². The molecule has 2 aliphatic heterocycles. The molecular formula is C13H25N3. The maximum atomic E-state index is 6.04. The summed E-state index contributed by atoms with van der Waals surface area (Å²) in [5.74, 6) is 0. The van der Waals surface area contributed by atoms with Crippen LogP contribution in [0.1, 0.15) is 32.1 Å². The molecule has 0 spiro atoms. The van der Waals surface area contributed by atoms with Crippen molar-refractivity contribution in [3.63, 3.8) is 0 Å². The number of fused-ring (bicyclic) bond motifs is 1. The van der Waals surface area contributed by atoms with Gasteiger partial charge in [0.25, 0.3) is 0 Å². The number of rotatable bonds is 5. The van der Waals surface area contributed by atoms with Gasteiger partial charge in [0.05, 0.1) is 0 Å². The first-order valence-corrected chi connectivity index (χ1v) is 6.62. The Kier molecular flexibility index (Phi) is 4.00. The molecule has 2 saturated heterocycles. The molecule has 0 aromatic carbocycles. The van der Waals surface area contributed by atoms with Crippen LogP contribution in [0.2, 0.25) is 0 Å².